The van der Waals surface area contributed by atoms with Crippen molar-refractivity contribution in [1.29, 1.82) is 0 Å². The maximum atomic E-state index is 4.94. The summed E-state index contributed by atoms with van der Waals surface area (Å²) in [5.41, 5.74) is 5.32. The van der Waals surface area contributed by atoms with Gasteiger partial charge in [-0.1, -0.05) is 54.4 Å². The van der Waals surface area contributed by atoms with E-state index in [2.05, 4.69) is 64.2 Å². The van der Waals surface area contributed by atoms with Crippen LogP contribution in [0.2, 0.25) is 0 Å². The van der Waals surface area contributed by atoms with Crippen LogP contribution in [0, 0.1) is 6.92 Å². The summed E-state index contributed by atoms with van der Waals surface area (Å²) in [6.07, 6.45) is 4.60. The van der Waals surface area contributed by atoms with Crippen LogP contribution in [0.5, 0.6) is 0 Å². The largest absolute Gasteiger partial charge is 0.310 e. The lowest BCUT2D eigenvalue weighted by Crippen LogP contribution is -2.06. The Labute approximate surface area is 164 Å². The molecule has 5 rings (SSSR count). The van der Waals surface area contributed by atoms with Gasteiger partial charge in [0, 0.05) is 18.5 Å². The predicted octanol–water partition coefficient (Wildman–Crippen LogP) is 4.83. The highest BCUT2D eigenvalue weighted by atomic mass is 15.3. The second-order valence-electron chi connectivity index (χ2n) is 7.43. The van der Waals surface area contributed by atoms with Crippen molar-refractivity contribution in [2.24, 2.45) is 0 Å². The van der Waals surface area contributed by atoms with Crippen LogP contribution in [-0.2, 0) is 13.0 Å². The van der Waals surface area contributed by atoms with Gasteiger partial charge in [-0.3, -0.25) is 0 Å². The molecule has 0 aliphatic carbocycles. The van der Waals surface area contributed by atoms with Gasteiger partial charge < -0.3 is 4.57 Å². The maximum absolute atomic E-state index is 4.94. The first-order chi connectivity index (χ1) is 13.8. The van der Waals surface area contributed by atoms with E-state index in [1.165, 1.54) is 24.8 Å². The van der Waals surface area contributed by atoms with E-state index in [0.29, 0.717) is 0 Å². The summed E-state index contributed by atoms with van der Waals surface area (Å²) >= 11 is 0. The fourth-order valence-corrected chi connectivity index (χ4v) is 3.85. The van der Waals surface area contributed by atoms with Crippen molar-refractivity contribution < 1.29 is 0 Å². The van der Waals surface area contributed by atoms with Crippen LogP contribution in [0.3, 0.4) is 0 Å². The van der Waals surface area contributed by atoms with Crippen LogP contribution in [0.1, 0.15) is 30.7 Å². The third-order valence-electron chi connectivity index (χ3n) is 5.40. The van der Waals surface area contributed by atoms with Crippen LogP contribution in [0.4, 0.5) is 0 Å². The Bertz CT molecular complexity index is 1090. The third kappa shape index (κ3) is 3.03. The molecule has 5 heteroatoms. The Kier molecular flexibility index (Phi) is 4.28. The molecular formula is C23H23N5. The second-order valence-corrected chi connectivity index (χ2v) is 7.43. The van der Waals surface area contributed by atoms with Crippen LogP contribution in [0.25, 0.3) is 28.5 Å². The van der Waals surface area contributed by atoms with Gasteiger partial charge in [-0.2, -0.15) is 5.10 Å². The van der Waals surface area contributed by atoms with Crippen molar-refractivity contribution in [2.45, 2.75) is 39.2 Å². The first-order valence-corrected chi connectivity index (χ1v) is 9.94. The molecule has 0 saturated carbocycles. The van der Waals surface area contributed by atoms with Crippen molar-refractivity contribution in [1.82, 2.24) is 24.5 Å². The van der Waals surface area contributed by atoms with Crippen LogP contribution in [-0.4, -0.2) is 24.5 Å². The first kappa shape index (κ1) is 16.9. The fourth-order valence-electron chi connectivity index (χ4n) is 3.85. The number of benzene rings is 2. The van der Waals surface area contributed by atoms with Crippen molar-refractivity contribution in [3.63, 3.8) is 0 Å². The lowest BCUT2D eigenvalue weighted by Gasteiger charge is -2.09. The van der Waals surface area contributed by atoms with Gasteiger partial charge in [0.05, 0.1) is 11.4 Å². The van der Waals surface area contributed by atoms with Crippen molar-refractivity contribution >= 4 is 0 Å². The number of rotatable bonds is 3. The minimum Gasteiger partial charge on any atom is -0.310 e. The van der Waals surface area contributed by atoms with Crippen molar-refractivity contribution in [3.8, 4) is 28.5 Å². The van der Waals surface area contributed by atoms with Gasteiger partial charge in [0.15, 0.2) is 5.82 Å². The molecule has 0 bridgehead atoms. The van der Waals surface area contributed by atoms with E-state index in [1.54, 1.807) is 0 Å². The van der Waals surface area contributed by atoms with Gasteiger partial charge in [0.25, 0.3) is 0 Å². The van der Waals surface area contributed by atoms with Crippen molar-refractivity contribution in [2.75, 3.05) is 0 Å². The number of aromatic nitrogens is 5. The Hall–Kier alpha value is -3.21. The van der Waals surface area contributed by atoms with E-state index in [4.69, 9.17) is 5.10 Å². The normalized spacial score (nSPS) is 13.9. The minimum absolute atomic E-state index is 0.909. The number of fused-ring (bicyclic) bond motifs is 1. The summed E-state index contributed by atoms with van der Waals surface area (Å²) in [4.78, 5) is 0. The molecule has 5 nitrogen and oxygen atoms in total. The van der Waals surface area contributed by atoms with Gasteiger partial charge in [-0.05, 0) is 38.0 Å². The number of aryl methyl sites for hydroxylation is 2. The van der Waals surface area contributed by atoms with Crippen LogP contribution >= 0.6 is 0 Å². The molecule has 0 fully saturated rings. The minimum atomic E-state index is 0.909. The molecule has 0 N–H and O–H groups in total. The Morgan fingerprint density at radius 2 is 1.68 bits per heavy atom. The number of hydrogen-bond donors (Lipinski definition) is 0. The van der Waals surface area contributed by atoms with Crippen LogP contribution < -0.4 is 0 Å². The molecule has 4 aromatic rings. The summed E-state index contributed by atoms with van der Waals surface area (Å²) in [5, 5.41) is 14.0. The molecule has 0 saturated heterocycles. The van der Waals surface area contributed by atoms with E-state index < -0.39 is 0 Å². The zero-order valence-corrected chi connectivity index (χ0v) is 16.0. The topological polar surface area (TPSA) is 48.5 Å². The summed E-state index contributed by atoms with van der Waals surface area (Å²) in [6.45, 7) is 3.07. The number of nitrogens with zero attached hydrogens (tertiary/aromatic N) is 5. The van der Waals surface area contributed by atoms with Gasteiger partial charge in [0.2, 0.25) is 0 Å². The van der Waals surface area contributed by atoms with E-state index in [0.717, 1.165) is 47.3 Å². The Morgan fingerprint density at radius 3 is 2.50 bits per heavy atom. The molecule has 0 atom stereocenters. The summed E-state index contributed by atoms with van der Waals surface area (Å²) < 4.78 is 4.28. The molecule has 28 heavy (non-hydrogen) atoms. The van der Waals surface area contributed by atoms with Gasteiger partial charge >= 0.3 is 0 Å². The van der Waals surface area contributed by atoms with Gasteiger partial charge in [-0.15, -0.1) is 10.2 Å². The molecule has 0 amide bonds. The fraction of sp³-hybridized carbons (Fsp3) is 0.261. The average molecular weight is 369 g/mol. The van der Waals surface area contributed by atoms with Gasteiger partial charge in [-0.25, -0.2) is 4.68 Å². The molecule has 0 unspecified atom stereocenters. The predicted molar refractivity (Wildman–Crippen MR) is 110 cm³/mol. The first-order valence-electron chi connectivity index (χ1n) is 9.94. The second kappa shape index (κ2) is 7.08. The molecule has 140 valence electrons. The Morgan fingerprint density at radius 1 is 0.857 bits per heavy atom. The van der Waals surface area contributed by atoms with Crippen molar-refractivity contribution in [3.05, 3.63) is 72.1 Å². The third-order valence-corrected chi connectivity index (χ3v) is 5.40. The number of para-hydroxylation sites is 1. The molecule has 2 aromatic heterocycles. The monoisotopic (exact) mass is 369 g/mol. The van der Waals surface area contributed by atoms with E-state index in [9.17, 15) is 0 Å². The quantitative estimate of drug-likeness (QED) is 0.519. The highest BCUT2D eigenvalue weighted by Crippen LogP contribution is 2.29. The zero-order chi connectivity index (χ0) is 18.9. The highest BCUT2D eigenvalue weighted by Gasteiger charge is 2.21. The van der Waals surface area contributed by atoms with Crippen LogP contribution in [0.15, 0.2) is 60.7 Å². The molecule has 3 heterocycles. The number of hydrogen-bond acceptors (Lipinski definition) is 3. The Balaban J connectivity index is 1.68. The zero-order valence-electron chi connectivity index (χ0n) is 16.0. The molecule has 2 aromatic carbocycles. The molecule has 1 aliphatic heterocycles. The summed E-state index contributed by atoms with van der Waals surface area (Å²) in [7, 11) is 0. The SMILES string of the molecule is Cc1ccc(-c2cc(-c3nnc4n3CCCCC4)n(-c3ccccc3)n2)cc1. The molecular weight excluding hydrogens is 346 g/mol. The maximum Gasteiger partial charge on any atom is 0.182 e. The molecule has 1 aliphatic rings. The smallest absolute Gasteiger partial charge is 0.182 e. The molecule has 0 radical (unpaired) electrons. The van der Waals surface area contributed by atoms with E-state index in [1.807, 2.05) is 22.9 Å². The summed E-state index contributed by atoms with van der Waals surface area (Å²) in [5.74, 6) is 2.00. The lowest BCUT2D eigenvalue weighted by molar-refractivity contribution is 0.634. The van der Waals surface area contributed by atoms with Gasteiger partial charge in [0.1, 0.15) is 11.5 Å². The lowest BCUT2D eigenvalue weighted by atomic mass is 10.1. The van der Waals surface area contributed by atoms with E-state index >= 15 is 0 Å². The average Bonchev–Trinajstić information content (AvgIpc) is 3.26. The molecule has 0 spiro atoms. The highest BCUT2D eigenvalue weighted by molar-refractivity contribution is 5.67. The standard InChI is InChI=1S/C23H23N5/c1-17-11-13-18(14-12-17)20-16-21(28(26-20)19-8-4-2-5-9-19)23-25-24-22-10-6-3-7-15-27(22)23/h2,4-5,8-9,11-14,16H,3,6-7,10,15H2,1H3. The summed E-state index contributed by atoms with van der Waals surface area (Å²) in [6, 6.07) is 20.9. The van der Waals surface area contributed by atoms with E-state index in [-0.39, 0.29) is 0 Å².